The van der Waals surface area contributed by atoms with Crippen LogP contribution in [0.4, 0.5) is 4.39 Å². The van der Waals surface area contributed by atoms with Crippen molar-refractivity contribution in [2.75, 3.05) is 0 Å². The Morgan fingerprint density at radius 1 is 1.31 bits per heavy atom. The van der Waals surface area contributed by atoms with Crippen molar-refractivity contribution in [1.29, 1.82) is 0 Å². The lowest BCUT2D eigenvalue weighted by Crippen LogP contribution is -1.97. The zero-order valence-corrected chi connectivity index (χ0v) is 7.12. The van der Waals surface area contributed by atoms with Crippen LogP contribution in [0.25, 0.3) is 5.57 Å². The van der Waals surface area contributed by atoms with Gasteiger partial charge in [-0.15, -0.1) is 0 Å². The van der Waals surface area contributed by atoms with Gasteiger partial charge in [0.15, 0.2) is 0 Å². The first kappa shape index (κ1) is 9.45. The van der Waals surface area contributed by atoms with Gasteiger partial charge in [-0.3, -0.25) is 0 Å². The fraction of sp³-hybridized carbons (Fsp3) is 0.100. The van der Waals surface area contributed by atoms with E-state index in [4.69, 9.17) is 5.11 Å². The summed E-state index contributed by atoms with van der Waals surface area (Å²) in [6, 6.07) is 8.58. The van der Waals surface area contributed by atoms with Gasteiger partial charge in [-0.2, -0.15) is 4.39 Å². The van der Waals surface area contributed by atoms with Crippen molar-refractivity contribution >= 4 is 11.5 Å². The average molecular weight is 180 g/mol. The lowest BCUT2D eigenvalue weighted by molar-refractivity contribution is -0.134. The fourth-order valence-corrected chi connectivity index (χ4v) is 0.975. The number of allylic oxidation sites excluding steroid dienone is 1. The Hall–Kier alpha value is -1.64. The van der Waals surface area contributed by atoms with Gasteiger partial charge in [-0.25, -0.2) is 4.79 Å². The summed E-state index contributed by atoms with van der Waals surface area (Å²) < 4.78 is 12.9. The molecule has 0 atom stereocenters. The molecule has 0 saturated carbocycles. The molecule has 0 amide bonds. The zero-order valence-electron chi connectivity index (χ0n) is 7.12. The summed E-state index contributed by atoms with van der Waals surface area (Å²) in [7, 11) is 0. The third kappa shape index (κ3) is 2.15. The topological polar surface area (TPSA) is 37.3 Å². The molecule has 0 aliphatic heterocycles. The van der Waals surface area contributed by atoms with Crippen molar-refractivity contribution in [2.45, 2.75) is 6.92 Å². The van der Waals surface area contributed by atoms with Crippen LogP contribution in [0.2, 0.25) is 0 Å². The highest BCUT2D eigenvalue weighted by Gasteiger charge is 2.10. The first-order valence-electron chi connectivity index (χ1n) is 3.78. The van der Waals surface area contributed by atoms with Crippen molar-refractivity contribution in [2.24, 2.45) is 0 Å². The van der Waals surface area contributed by atoms with Crippen molar-refractivity contribution in [3.05, 3.63) is 41.7 Å². The quantitative estimate of drug-likeness (QED) is 0.710. The minimum Gasteiger partial charge on any atom is -0.476 e. The van der Waals surface area contributed by atoms with E-state index < -0.39 is 11.8 Å². The minimum atomic E-state index is -1.53. The fourth-order valence-electron chi connectivity index (χ4n) is 0.975. The molecule has 0 heterocycles. The molecule has 0 fully saturated rings. The SMILES string of the molecule is C/C(=C(/F)C(=O)O)c1ccccc1. The molecule has 0 radical (unpaired) electrons. The zero-order chi connectivity index (χ0) is 9.84. The molecule has 1 aromatic carbocycles. The number of rotatable bonds is 2. The van der Waals surface area contributed by atoms with Gasteiger partial charge in [0, 0.05) is 0 Å². The Morgan fingerprint density at radius 3 is 2.31 bits per heavy atom. The van der Waals surface area contributed by atoms with Crippen LogP contribution >= 0.6 is 0 Å². The van der Waals surface area contributed by atoms with Crippen LogP contribution in [-0.4, -0.2) is 11.1 Å². The highest BCUT2D eigenvalue weighted by molar-refractivity contribution is 5.93. The van der Waals surface area contributed by atoms with Gasteiger partial charge in [0.2, 0.25) is 5.83 Å². The van der Waals surface area contributed by atoms with Gasteiger partial charge >= 0.3 is 5.97 Å². The standard InChI is InChI=1S/C10H9FO2/c1-7(9(11)10(12)13)8-5-3-2-4-6-8/h2-6H,1H3,(H,12,13)/b9-7-. The molecule has 1 N–H and O–H groups in total. The monoisotopic (exact) mass is 180 g/mol. The second-order valence-corrected chi connectivity index (χ2v) is 2.61. The van der Waals surface area contributed by atoms with Crippen molar-refractivity contribution in [1.82, 2.24) is 0 Å². The molecular weight excluding hydrogens is 171 g/mol. The smallest absolute Gasteiger partial charge is 0.365 e. The summed E-state index contributed by atoms with van der Waals surface area (Å²) in [5, 5.41) is 8.38. The van der Waals surface area contributed by atoms with Gasteiger partial charge in [0.1, 0.15) is 0 Å². The molecule has 0 aliphatic rings. The maximum absolute atomic E-state index is 12.9. The van der Waals surface area contributed by atoms with E-state index in [2.05, 4.69) is 0 Å². The van der Waals surface area contributed by atoms with Gasteiger partial charge in [0.25, 0.3) is 0 Å². The largest absolute Gasteiger partial charge is 0.476 e. The van der Waals surface area contributed by atoms with Crippen molar-refractivity contribution in [3.63, 3.8) is 0 Å². The average Bonchev–Trinajstić information content (AvgIpc) is 2.17. The van der Waals surface area contributed by atoms with Crippen molar-refractivity contribution < 1.29 is 14.3 Å². The minimum absolute atomic E-state index is 0.146. The van der Waals surface area contributed by atoms with Crippen LogP contribution in [0.5, 0.6) is 0 Å². The number of aliphatic carboxylic acids is 1. The maximum Gasteiger partial charge on any atom is 0.365 e. The molecule has 0 unspecified atom stereocenters. The van der Waals surface area contributed by atoms with Gasteiger partial charge in [0.05, 0.1) is 0 Å². The number of benzene rings is 1. The Bertz CT molecular complexity index is 341. The molecule has 68 valence electrons. The van der Waals surface area contributed by atoms with E-state index in [0.717, 1.165) is 0 Å². The molecule has 2 nitrogen and oxygen atoms in total. The molecule has 0 aliphatic carbocycles. The predicted molar refractivity (Wildman–Crippen MR) is 47.8 cm³/mol. The van der Waals surface area contributed by atoms with Gasteiger partial charge in [-0.05, 0) is 18.1 Å². The first-order valence-corrected chi connectivity index (χ1v) is 3.78. The second kappa shape index (κ2) is 3.85. The number of halogens is 1. The van der Waals surface area contributed by atoms with E-state index in [1.165, 1.54) is 6.92 Å². The summed E-state index contributed by atoms with van der Waals surface area (Å²) in [5.74, 6) is -2.63. The molecule has 0 saturated heterocycles. The second-order valence-electron chi connectivity index (χ2n) is 2.61. The number of hydrogen-bond acceptors (Lipinski definition) is 1. The highest BCUT2D eigenvalue weighted by Crippen LogP contribution is 2.18. The Balaban J connectivity index is 3.11. The Labute approximate surface area is 75.3 Å². The summed E-state index contributed by atoms with van der Waals surface area (Å²) in [4.78, 5) is 10.3. The lowest BCUT2D eigenvalue weighted by Gasteiger charge is -2.00. The summed E-state index contributed by atoms with van der Waals surface area (Å²) in [6.07, 6.45) is 0. The van der Waals surface area contributed by atoms with Crippen LogP contribution in [0.3, 0.4) is 0 Å². The third-order valence-corrected chi connectivity index (χ3v) is 1.72. The summed E-state index contributed by atoms with van der Waals surface area (Å²) in [6.45, 7) is 1.44. The van der Waals surface area contributed by atoms with Crippen LogP contribution in [-0.2, 0) is 4.79 Å². The molecule has 1 rings (SSSR count). The van der Waals surface area contributed by atoms with E-state index >= 15 is 0 Å². The van der Waals surface area contributed by atoms with E-state index in [-0.39, 0.29) is 5.57 Å². The first-order chi connectivity index (χ1) is 6.13. The molecular formula is C10H9FO2. The van der Waals surface area contributed by atoms with E-state index in [1.807, 2.05) is 0 Å². The molecule has 13 heavy (non-hydrogen) atoms. The van der Waals surface area contributed by atoms with E-state index in [1.54, 1.807) is 30.3 Å². The summed E-state index contributed by atoms with van der Waals surface area (Å²) in [5.41, 5.74) is 0.732. The summed E-state index contributed by atoms with van der Waals surface area (Å²) >= 11 is 0. The van der Waals surface area contributed by atoms with Crippen LogP contribution in [0.15, 0.2) is 36.2 Å². The molecule has 3 heteroatoms. The Kier molecular flexibility index (Phi) is 2.80. The maximum atomic E-state index is 12.9. The van der Waals surface area contributed by atoms with E-state index in [0.29, 0.717) is 5.56 Å². The molecule has 1 aromatic rings. The van der Waals surface area contributed by atoms with Crippen LogP contribution < -0.4 is 0 Å². The number of carboxylic acids is 1. The molecule has 0 aromatic heterocycles. The van der Waals surface area contributed by atoms with E-state index in [9.17, 15) is 9.18 Å². The number of hydrogen-bond donors (Lipinski definition) is 1. The highest BCUT2D eigenvalue weighted by atomic mass is 19.1. The van der Waals surface area contributed by atoms with Crippen molar-refractivity contribution in [3.8, 4) is 0 Å². The predicted octanol–water partition coefficient (Wildman–Crippen LogP) is 2.47. The lowest BCUT2D eigenvalue weighted by atomic mass is 10.1. The number of carboxylic acid groups (broad SMARTS) is 1. The number of carbonyl (C=O) groups is 1. The van der Waals surface area contributed by atoms with Gasteiger partial charge < -0.3 is 5.11 Å². The Morgan fingerprint density at radius 2 is 1.85 bits per heavy atom. The molecule has 0 bridgehead atoms. The van der Waals surface area contributed by atoms with Crippen LogP contribution in [0, 0.1) is 0 Å². The normalized spacial score (nSPS) is 12.2. The van der Waals surface area contributed by atoms with Gasteiger partial charge in [-0.1, -0.05) is 30.3 Å². The van der Waals surface area contributed by atoms with Crippen LogP contribution in [0.1, 0.15) is 12.5 Å². The molecule has 0 spiro atoms. The third-order valence-electron chi connectivity index (χ3n) is 1.72.